The van der Waals surface area contributed by atoms with Crippen LogP contribution < -0.4 is 5.32 Å². The molecular weight excluding hydrogens is 309 g/mol. The average Bonchev–Trinajstić information content (AvgIpc) is 2.35. The second kappa shape index (κ2) is 10.7. The molecule has 0 aromatic rings. The zero-order valence-corrected chi connectivity index (χ0v) is 15.0. The minimum atomic E-state index is 0. The number of nitrogens with one attached hydrogen (secondary N) is 1. The van der Waals surface area contributed by atoms with Gasteiger partial charge in [0.25, 0.3) is 0 Å². The van der Waals surface area contributed by atoms with E-state index >= 15 is 0 Å². The van der Waals surface area contributed by atoms with Gasteiger partial charge in [-0.05, 0) is 38.8 Å². The van der Waals surface area contributed by atoms with Crippen LogP contribution in [0.5, 0.6) is 0 Å². The number of piperidine rings is 1. The average molecular weight is 340 g/mol. The van der Waals surface area contributed by atoms with Crippen LogP contribution in [0.1, 0.15) is 32.6 Å². The van der Waals surface area contributed by atoms with Gasteiger partial charge in [-0.15, -0.1) is 24.8 Å². The summed E-state index contributed by atoms with van der Waals surface area (Å²) >= 11 is 0. The van der Waals surface area contributed by atoms with Gasteiger partial charge in [0.1, 0.15) is 0 Å². The molecular formula is C15H31Cl2N3O. The Kier molecular flexibility index (Phi) is 10.6. The summed E-state index contributed by atoms with van der Waals surface area (Å²) in [5, 5.41) is 3.18. The van der Waals surface area contributed by atoms with Gasteiger partial charge in [-0.25, -0.2) is 0 Å². The van der Waals surface area contributed by atoms with E-state index in [1.54, 1.807) is 0 Å². The van der Waals surface area contributed by atoms with Gasteiger partial charge in [0.2, 0.25) is 5.91 Å². The second-order valence-corrected chi connectivity index (χ2v) is 6.24. The smallest absolute Gasteiger partial charge is 0.228 e. The molecule has 0 aromatic carbocycles. The second-order valence-electron chi connectivity index (χ2n) is 6.24. The molecule has 2 aliphatic rings. The van der Waals surface area contributed by atoms with Crippen LogP contribution in [0.3, 0.4) is 0 Å². The number of nitrogens with zero attached hydrogens (tertiary/aromatic N) is 2. The van der Waals surface area contributed by atoms with E-state index in [9.17, 15) is 4.79 Å². The largest absolute Gasteiger partial charge is 0.342 e. The lowest BCUT2D eigenvalue weighted by atomic mass is 9.94. The summed E-state index contributed by atoms with van der Waals surface area (Å²) in [6.07, 6.45) is 4.93. The van der Waals surface area contributed by atoms with Crippen molar-refractivity contribution in [3.63, 3.8) is 0 Å². The molecule has 1 N–H and O–H groups in total. The minimum Gasteiger partial charge on any atom is -0.342 e. The molecule has 2 heterocycles. The number of hydrogen-bond donors (Lipinski definition) is 1. The lowest BCUT2D eigenvalue weighted by Gasteiger charge is -2.37. The first-order chi connectivity index (χ1) is 9.20. The molecule has 6 heteroatoms. The monoisotopic (exact) mass is 339 g/mol. The zero-order chi connectivity index (χ0) is 13.7. The molecule has 126 valence electrons. The molecule has 4 nitrogen and oxygen atoms in total. The van der Waals surface area contributed by atoms with Crippen LogP contribution in [-0.2, 0) is 4.79 Å². The lowest BCUT2D eigenvalue weighted by molar-refractivity contribution is -0.138. The minimum absolute atomic E-state index is 0. The number of halogens is 2. The quantitative estimate of drug-likeness (QED) is 0.804. The topological polar surface area (TPSA) is 35.6 Å². The fraction of sp³-hybridized carbons (Fsp3) is 0.933. The molecule has 0 spiro atoms. The van der Waals surface area contributed by atoms with Crippen LogP contribution in [0.25, 0.3) is 0 Å². The first-order valence-electron chi connectivity index (χ1n) is 7.88. The van der Waals surface area contributed by atoms with Crippen LogP contribution in [-0.4, -0.2) is 62.0 Å². The maximum absolute atomic E-state index is 12.1. The molecule has 2 aliphatic heterocycles. The maximum atomic E-state index is 12.1. The van der Waals surface area contributed by atoms with Gasteiger partial charge < -0.3 is 15.1 Å². The van der Waals surface area contributed by atoms with Gasteiger partial charge in [-0.3, -0.25) is 4.79 Å². The molecule has 2 fully saturated rings. The fourth-order valence-corrected chi connectivity index (χ4v) is 3.02. The number of rotatable bonds is 6. The molecule has 1 amide bonds. The van der Waals surface area contributed by atoms with E-state index < -0.39 is 0 Å². The Labute approximate surface area is 141 Å². The van der Waals surface area contributed by atoms with E-state index in [0.29, 0.717) is 5.91 Å². The van der Waals surface area contributed by atoms with Crippen LogP contribution in [0.2, 0.25) is 0 Å². The third kappa shape index (κ3) is 6.31. The lowest BCUT2D eigenvalue weighted by Crippen LogP contribution is -2.53. The molecule has 0 saturated carbocycles. The number of amides is 1. The van der Waals surface area contributed by atoms with Gasteiger partial charge in [0, 0.05) is 32.7 Å². The maximum Gasteiger partial charge on any atom is 0.228 e. The van der Waals surface area contributed by atoms with Gasteiger partial charge in [-0.1, -0.05) is 13.3 Å². The summed E-state index contributed by atoms with van der Waals surface area (Å²) in [4.78, 5) is 16.7. The zero-order valence-electron chi connectivity index (χ0n) is 13.3. The van der Waals surface area contributed by atoms with Crippen molar-refractivity contribution in [3.05, 3.63) is 0 Å². The molecule has 2 rings (SSSR count). The first-order valence-corrected chi connectivity index (χ1v) is 7.88. The molecule has 0 aromatic heterocycles. The third-order valence-electron chi connectivity index (χ3n) is 4.52. The number of unbranched alkanes of at least 4 members (excludes halogenated alkanes) is 1. The van der Waals surface area contributed by atoms with E-state index in [1.807, 2.05) is 0 Å². The van der Waals surface area contributed by atoms with E-state index in [-0.39, 0.29) is 30.7 Å². The Morgan fingerprint density at radius 3 is 2.33 bits per heavy atom. The highest BCUT2D eigenvalue weighted by Crippen LogP contribution is 2.20. The Hall–Kier alpha value is -0.0300. The predicted molar refractivity (Wildman–Crippen MR) is 92.6 cm³/mol. The normalized spacial score (nSPS) is 19.7. The van der Waals surface area contributed by atoms with Gasteiger partial charge in [0.05, 0.1) is 5.92 Å². The van der Waals surface area contributed by atoms with E-state index in [4.69, 9.17) is 0 Å². The molecule has 21 heavy (non-hydrogen) atoms. The molecule has 0 bridgehead atoms. The van der Waals surface area contributed by atoms with Gasteiger partial charge in [-0.2, -0.15) is 0 Å². The van der Waals surface area contributed by atoms with Crippen molar-refractivity contribution in [3.8, 4) is 0 Å². The van der Waals surface area contributed by atoms with Crippen molar-refractivity contribution in [1.29, 1.82) is 0 Å². The molecule has 0 atom stereocenters. The van der Waals surface area contributed by atoms with Crippen molar-refractivity contribution >= 4 is 30.7 Å². The van der Waals surface area contributed by atoms with Crippen molar-refractivity contribution in [2.45, 2.75) is 32.6 Å². The first kappa shape index (κ1) is 21.0. The van der Waals surface area contributed by atoms with E-state index in [1.165, 1.54) is 38.8 Å². The molecule has 0 radical (unpaired) electrons. The Bertz CT molecular complexity index is 293. The van der Waals surface area contributed by atoms with Gasteiger partial charge >= 0.3 is 0 Å². The van der Waals surface area contributed by atoms with Crippen LogP contribution in [0.4, 0.5) is 0 Å². The number of carbonyl (C=O) groups excluding carboxylic acids is 1. The molecule has 0 aliphatic carbocycles. The van der Waals surface area contributed by atoms with Crippen LogP contribution >= 0.6 is 24.8 Å². The molecule has 0 unspecified atom stereocenters. The van der Waals surface area contributed by atoms with E-state index in [2.05, 4.69) is 29.1 Å². The van der Waals surface area contributed by atoms with Crippen molar-refractivity contribution < 1.29 is 4.79 Å². The Morgan fingerprint density at radius 1 is 1.24 bits per heavy atom. The number of likely N-dealkylation sites (tertiary alicyclic amines) is 1. The van der Waals surface area contributed by atoms with Crippen LogP contribution in [0.15, 0.2) is 0 Å². The highest BCUT2D eigenvalue weighted by molar-refractivity contribution is 5.85. The summed E-state index contributed by atoms with van der Waals surface area (Å²) in [5.41, 5.74) is 0. The Morgan fingerprint density at radius 2 is 1.86 bits per heavy atom. The van der Waals surface area contributed by atoms with Crippen molar-refractivity contribution in [2.75, 3.05) is 46.3 Å². The fourth-order valence-electron chi connectivity index (χ4n) is 3.02. The highest BCUT2D eigenvalue weighted by Gasteiger charge is 2.31. The number of carbonyl (C=O) groups is 1. The van der Waals surface area contributed by atoms with E-state index in [0.717, 1.165) is 32.1 Å². The third-order valence-corrected chi connectivity index (χ3v) is 4.52. The highest BCUT2D eigenvalue weighted by atomic mass is 35.5. The molecule has 2 saturated heterocycles. The summed E-state index contributed by atoms with van der Waals surface area (Å²) in [5.74, 6) is 1.44. The summed E-state index contributed by atoms with van der Waals surface area (Å²) < 4.78 is 0. The van der Waals surface area contributed by atoms with Gasteiger partial charge in [0.15, 0.2) is 0 Å². The van der Waals surface area contributed by atoms with Crippen LogP contribution in [0, 0.1) is 11.8 Å². The summed E-state index contributed by atoms with van der Waals surface area (Å²) in [6.45, 7) is 8.38. The standard InChI is InChI=1S/C15H29N3O.2ClH/c1-3-4-7-17(2)12-13-5-8-18(9-6-13)15(19)14-10-16-11-14;;/h13-14,16H,3-12H2,1-2H3;2*1H. The number of hydrogen-bond acceptors (Lipinski definition) is 3. The SMILES string of the molecule is CCCCN(C)CC1CCN(C(=O)C2CNC2)CC1.Cl.Cl. The predicted octanol–water partition coefficient (Wildman–Crippen LogP) is 2.02. The summed E-state index contributed by atoms with van der Waals surface area (Å²) in [7, 11) is 2.23. The Balaban J connectivity index is 0.00000200. The van der Waals surface area contributed by atoms with Crippen molar-refractivity contribution in [1.82, 2.24) is 15.1 Å². The summed E-state index contributed by atoms with van der Waals surface area (Å²) in [6, 6.07) is 0. The van der Waals surface area contributed by atoms with Crippen molar-refractivity contribution in [2.24, 2.45) is 11.8 Å².